The van der Waals surface area contributed by atoms with Gasteiger partial charge in [-0.15, -0.1) is 12.3 Å². The van der Waals surface area contributed by atoms with E-state index in [-0.39, 0.29) is 0 Å². The van der Waals surface area contributed by atoms with Crippen LogP contribution in [0.2, 0.25) is 0 Å². The number of amides is 2. The minimum absolute atomic E-state index is 0.344. The van der Waals surface area contributed by atoms with Crippen LogP contribution in [0.5, 0.6) is 0 Å². The van der Waals surface area contributed by atoms with E-state index in [1.54, 1.807) is 0 Å². The fourth-order valence-corrected chi connectivity index (χ4v) is 1.81. The monoisotopic (exact) mass is 288 g/mol. The standard InChI is InChI=1S/C16H20N2O3/c1-2-3-7-12-17-16(21)18-14(15(19)20)11-10-13-8-5-4-6-9-13/h1,4-6,8-9,14H,3,7,10-12H2,(H,19,20)(H2,17,18,21). The number of terminal acetylenes is 1. The molecule has 0 saturated heterocycles. The quantitative estimate of drug-likeness (QED) is 0.504. The number of carboxylic acid groups (broad SMARTS) is 1. The molecule has 3 N–H and O–H groups in total. The summed E-state index contributed by atoms with van der Waals surface area (Å²) in [5.41, 5.74) is 1.04. The largest absolute Gasteiger partial charge is 0.480 e. The Kier molecular flexibility index (Phi) is 7.44. The first-order valence-electron chi connectivity index (χ1n) is 6.88. The SMILES string of the molecule is C#CCCCNC(=O)NC(CCc1ccccc1)C(=O)O. The molecule has 5 nitrogen and oxygen atoms in total. The number of aliphatic carboxylic acids is 1. The Labute approximate surface area is 124 Å². The molecule has 1 aromatic rings. The first kappa shape index (κ1) is 16.6. The van der Waals surface area contributed by atoms with Crippen molar-refractivity contribution >= 4 is 12.0 Å². The van der Waals surface area contributed by atoms with E-state index in [1.165, 1.54) is 0 Å². The van der Waals surface area contributed by atoms with Crippen LogP contribution in [0.4, 0.5) is 4.79 Å². The van der Waals surface area contributed by atoms with Crippen molar-refractivity contribution in [3.8, 4) is 12.3 Å². The highest BCUT2D eigenvalue weighted by atomic mass is 16.4. The van der Waals surface area contributed by atoms with Crippen molar-refractivity contribution in [1.29, 1.82) is 0 Å². The lowest BCUT2D eigenvalue weighted by atomic mass is 10.1. The summed E-state index contributed by atoms with van der Waals surface area (Å²) in [7, 11) is 0. The van der Waals surface area contributed by atoms with Gasteiger partial charge < -0.3 is 15.7 Å². The van der Waals surface area contributed by atoms with Gasteiger partial charge in [-0.1, -0.05) is 30.3 Å². The van der Waals surface area contributed by atoms with E-state index in [4.69, 9.17) is 11.5 Å². The molecular weight excluding hydrogens is 268 g/mol. The third kappa shape index (κ3) is 7.02. The highest BCUT2D eigenvalue weighted by molar-refractivity contribution is 5.82. The molecular formula is C16H20N2O3. The maximum absolute atomic E-state index is 11.6. The third-order valence-corrected chi connectivity index (χ3v) is 2.95. The van der Waals surface area contributed by atoms with Gasteiger partial charge in [-0.2, -0.15) is 0 Å². The van der Waals surface area contributed by atoms with Crippen molar-refractivity contribution in [2.45, 2.75) is 31.7 Å². The summed E-state index contributed by atoms with van der Waals surface area (Å²) in [6, 6.07) is 8.18. The van der Waals surface area contributed by atoms with Gasteiger partial charge in [-0.25, -0.2) is 9.59 Å². The van der Waals surface area contributed by atoms with Gasteiger partial charge >= 0.3 is 12.0 Å². The van der Waals surface area contributed by atoms with Gasteiger partial charge in [0.15, 0.2) is 0 Å². The fraction of sp³-hybridized carbons (Fsp3) is 0.375. The molecule has 0 aliphatic heterocycles. The van der Waals surface area contributed by atoms with Crippen LogP contribution in [0.3, 0.4) is 0 Å². The van der Waals surface area contributed by atoms with Crippen LogP contribution in [-0.2, 0) is 11.2 Å². The molecule has 0 aliphatic carbocycles. The molecule has 0 aromatic heterocycles. The van der Waals surface area contributed by atoms with Crippen LogP contribution in [0, 0.1) is 12.3 Å². The number of aryl methyl sites for hydroxylation is 1. The lowest BCUT2D eigenvalue weighted by Crippen LogP contribution is -2.46. The second-order valence-corrected chi connectivity index (χ2v) is 4.62. The predicted molar refractivity (Wildman–Crippen MR) is 80.8 cm³/mol. The first-order chi connectivity index (χ1) is 10.1. The number of urea groups is 1. The molecule has 21 heavy (non-hydrogen) atoms. The Morgan fingerprint density at radius 2 is 2.00 bits per heavy atom. The van der Waals surface area contributed by atoms with Crippen LogP contribution in [0.25, 0.3) is 0 Å². The highest BCUT2D eigenvalue weighted by Crippen LogP contribution is 2.05. The number of carbonyl (C=O) groups is 2. The maximum atomic E-state index is 11.6. The molecule has 112 valence electrons. The number of carboxylic acids is 1. The van der Waals surface area contributed by atoms with E-state index in [2.05, 4.69) is 16.6 Å². The minimum atomic E-state index is -1.04. The number of nitrogens with one attached hydrogen (secondary N) is 2. The minimum Gasteiger partial charge on any atom is -0.480 e. The van der Waals surface area contributed by atoms with Gasteiger partial charge in [-0.3, -0.25) is 0 Å². The number of carbonyl (C=O) groups excluding carboxylic acids is 1. The molecule has 1 unspecified atom stereocenters. The second-order valence-electron chi connectivity index (χ2n) is 4.62. The Bertz CT molecular complexity index is 494. The lowest BCUT2D eigenvalue weighted by Gasteiger charge is -2.15. The maximum Gasteiger partial charge on any atom is 0.326 e. The molecule has 0 heterocycles. The summed E-state index contributed by atoms with van der Waals surface area (Å²) in [6.07, 6.45) is 7.29. The number of hydrogen-bond acceptors (Lipinski definition) is 2. The Balaban J connectivity index is 2.38. The zero-order chi connectivity index (χ0) is 15.5. The van der Waals surface area contributed by atoms with E-state index < -0.39 is 18.0 Å². The molecule has 2 amide bonds. The molecule has 0 spiro atoms. The zero-order valence-electron chi connectivity index (χ0n) is 11.8. The molecule has 0 saturated carbocycles. The Morgan fingerprint density at radius 1 is 1.29 bits per heavy atom. The lowest BCUT2D eigenvalue weighted by molar-refractivity contribution is -0.139. The van der Waals surface area contributed by atoms with Gasteiger partial charge in [0.1, 0.15) is 6.04 Å². The summed E-state index contributed by atoms with van der Waals surface area (Å²) in [5.74, 6) is 1.44. The molecule has 0 radical (unpaired) electrons. The molecule has 1 atom stereocenters. The van der Waals surface area contributed by atoms with Crippen molar-refractivity contribution in [3.63, 3.8) is 0 Å². The summed E-state index contributed by atoms with van der Waals surface area (Å²) in [6.45, 7) is 0.432. The molecule has 1 rings (SSSR count). The number of hydrogen-bond donors (Lipinski definition) is 3. The molecule has 0 aliphatic rings. The van der Waals surface area contributed by atoms with E-state index >= 15 is 0 Å². The van der Waals surface area contributed by atoms with Crippen LogP contribution in [0.15, 0.2) is 30.3 Å². The van der Waals surface area contributed by atoms with Gasteiger partial charge in [-0.05, 0) is 24.8 Å². The second kappa shape index (κ2) is 9.43. The van der Waals surface area contributed by atoms with Crippen molar-refractivity contribution in [2.75, 3.05) is 6.54 Å². The summed E-state index contributed by atoms with van der Waals surface area (Å²) in [5, 5.41) is 14.2. The number of unbranched alkanes of at least 4 members (excludes halogenated alkanes) is 1. The fourth-order valence-electron chi connectivity index (χ4n) is 1.81. The van der Waals surface area contributed by atoms with Crippen molar-refractivity contribution < 1.29 is 14.7 Å². The van der Waals surface area contributed by atoms with Crippen molar-refractivity contribution in [2.24, 2.45) is 0 Å². The average molecular weight is 288 g/mol. The summed E-state index contributed by atoms with van der Waals surface area (Å²) in [4.78, 5) is 22.8. The van der Waals surface area contributed by atoms with Gasteiger partial charge in [0, 0.05) is 13.0 Å². The first-order valence-corrected chi connectivity index (χ1v) is 6.88. The predicted octanol–water partition coefficient (Wildman–Crippen LogP) is 1.78. The van der Waals surface area contributed by atoms with E-state index in [0.717, 1.165) is 5.56 Å². The summed E-state index contributed by atoms with van der Waals surface area (Å²) < 4.78 is 0. The normalized spacial score (nSPS) is 11.2. The smallest absolute Gasteiger partial charge is 0.326 e. The van der Waals surface area contributed by atoms with Crippen molar-refractivity contribution in [3.05, 3.63) is 35.9 Å². The average Bonchev–Trinajstić information content (AvgIpc) is 2.48. The van der Waals surface area contributed by atoms with Gasteiger partial charge in [0.05, 0.1) is 0 Å². The topological polar surface area (TPSA) is 78.4 Å². The van der Waals surface area contributed by atoms with Crippen molar-refractivity contribution in [1.82, 2.24) is 10.6 Å². The van der Waals surface area contributed by atoms with E-state index in [9.17, 15) is 9.59 Å². The highest BCUT2D eigenvalue weighted by Gasteiger charge is 2.19. The zero-order valence-corrected chi connectivity index (χ0v) is 11.8. The van der Waals surface area contributed by atoms with Gasteiger partial charge in [0.25, 0.3) is 0 Å². The molecule has 5 heteroatoms. The molecule has 0 bridgehead atoms. The van der Waals surface area contributed by atoms with E-state index in [0.29, 0.717) is 32.2 Å². The number of rotatable bonds is 8. The van der Waals surface area contributed by atoms with Crippen LogP contribution >= 0.6 is 0 Å². The van der Waals surface area contributed by atoms with Gasteiger partial charge in [0.2, 0.25) is 0 Å². The molecule has 0 fully saturated rings. The Morgan fingerprint density at radius 3 is 2.62 bits per heavy atom. The number of benzene rings is 1. The third-order valence-electron chi connectivity index (χ3n) is 2.95. The molecule has 1 aromatic carbocycles. The van der Waals surface area contributed by atoms with Crippen LogP contribution in [0.1, 0.15) is 24.8 Å². The summed E-state index contributed by atoms with van der Waals surface area (Å²) >= 11 is 0. The van der Waals surface area contributed by atoms with Crippen LogP contribution < -0.4 is 10.6 Å². The van der Waals surface area contributed by atoms with E-state index in [1.807, 2.05) is 30.3 Å². The Hall–Kier alpha value is -2.48. The van der Waals surface area contributed by atoms with Crippen LogP contribution in [-0.4, -0.2) is 29.7 Å².